The van der Waals surface area contributed by atoms with Crippen LogP contribution in [0.5, 0.6) is 5.75 Å². The monoisotopic (exact) mass is 302 g/mol. The second-order valence-corrected chi connectivity index (χ2v) is 6.56. The molecule has 0 saturated carbocycles. The van der Waals surface area contributed by atoms with E-state index in [9.17, 15) is 5.11 Å². The molecule has 0 aliphatic heterocycles. The molecule has 1 aromatic rings. The van der Waals surface area contributed by atoms with E-state index in [1.165, 1.54) is 56.9 Å². The summed E-state index contributed by atoms with van der Waals surface area (Å²) in [6.07, 6.45) is 15.0. The van der Waals surface area contributed by atoms with Crippen molar-refractivity contribution in [2.24, 2.45) is 5.92 Å². The second-order valence-electron chi connectivity index (χ2n) is 6.56. The van der Waals surface area contributed by atoms with Crippen molar-refractivity contribution in [2.75, 3.05) is 0 Å². The average molecular weight is 303 g/mol. The molecule has 0 radical (unpaired) electrons. The van der Waals surface area contributed by atoms with Crippen molar-refractivity contribution in [3.8, 4) is 5.75 Å². The molecule has 0 aliphatic rings. The topological polar surface area (TPSA) is 20.2 Å². The first-order chi connectivity index (χ1) is 10.7. The van der Waals surface area contributed by atoms with E-state index in [0.29, 0.717) is 17.6 Å². The first kappa shape index (κ1) is 18.8. The highest BCUT2D eigenvalue weighted by molar-refractivity contribution is 5.32. The summed E-state index contributed by atoms with van der Waals surface area (Å²) in [5.74, 6) is 1.46. The number of hydrogen-bond donors (Lipinski definition) is 1. The Bertz CT molecular complexity index is 422. The zero-order valence-corrected chi connectivity index (χ0v) is 14.7. The molecule has 1 aromatic carbocycles. The number of aromatic hydroxyl groups is 1. The number of phenols is 1. The molecule has 1 rings (SSSR count). The van der Waals surface area contributed by atoms with E-state index in [1.54, 1.807) is 6.07 Å². The molecule has 0 bridgehead atoms. The van der Waals surface area contributed by atoms with Crippen molar-refractivity contribution < 1.29 is 5.11 Å². The Morgan fingerprint density at radius 1 is 0.955 bits per heavy atom. The van der Waals surface area contributed by atoms with E-state index in [1.807, 2.05) is 12.1 Å². The van der Waals surface area contributed by atoms with E-state index >= 15 is 0 Å². The molecular weight excluding hydrogens is 268 g/mol. The van der Waals surface area contributed by atoms with Gasteiger partial charge >= 0.3 is 0 Å². The summed E-state index contributed by atoms with van der Waals surface area (Å²) < 4.78 is 0. The number of phenolic OH excluding ortho intramolecular Hbond substituents is 1. The molecule has 124 valence electrons. The molecule has 1 nitrogen and oxygen atoms in total. The summed E-state index contributed by atoms with van der Waals surface area (Å²) >= 11 is 0. The Balaban J connectivity index is 2.67. The quantitative estimate of drug-likeness (QED) is 0.351. The van der Waals surface area contributed by atoms with Crippen molar-refractivity contribution in [1.29, 1.82) is 0 Å². The highest BCUT2D eigenvalue weighted by Crippen LogP contribution is 2.27. The van der Waals surface area contributed by atoms with Gasteiger partial charge in [-0.2, -0.15) is 0 Å². The summed E-state index contributed by atoms with van der Waals surface area (Å²) in [7, 11) is 0. The molecule has 0 heterocycles. The molecule has 0 aliphatic carbocycles. The first-order valence-electron chi connectivity index (χ1n) is 9.14. The first-order valence-corrected chi connectivity index (χ1v) is 9.14. The molecule has 0 saturated heterocycles. The van der Waals surface area contributed by atoms with Crippen LogP contribution in [-0.4, -0.2) is 5.11 Å². The lowest BCUT2D eigenvalue weighted by molar-refractivity contribution is 0.473. The molecule has 0 fully saturated rings. The summed E-state index contributed by atoms with van der Waals surface area (Å²) in [4.78, 5) is 0. The van der Waals surface area contributed by atoms with E-state index in [-0.39, 0.29) is 0 Å². The third-order valence-corrected chi connectivity index (χ3v) is 4.35. The van der Waals surface area contributed by atoms with E-state index < -0.39 is 0 Å². The van der Waals surface area contributed by atoms with E-state index in [2.05, 4.69) is 39.0 Å². The van der Waals surface area contributed by atoms with Gasteiger partial charge in [0.15, 0.2) is 0 Å². The summed E-state index contributed by atoms with van der Waals surface area (Å²) in [5, 5.41) is 9.74. The van der Waals surface area contributed by atoms with Crippen LogP contribution in [0, 0.1) is 5.92 Å². The number of unbranched alkanes of at least 4 members (excludes halogenated alkanes) is 4. The summed E-state index contributed by atoms with van der Waals surface area (Å²) in [6.45, 7) is 6.81. The zero-order chi connectivity index (χ0) is 16.2. The Morgan fingerprint density at radius 2 is 1.73 bits per heavy atom. The lowest BCUT2D eigenvalue weighted by atomic mass is 9.91. The SMILES string of the molecule is CCCCCCC(C=CC(C)CCCC)c1cccc(O)c1. The number of hydrogen-bond acceptors (Lipinski definition) is 1. The highest BCUT2D eigenvalue weighted by Gasteiger charge is 2.09. The van der Waals surface area contributed by atoms with E-state index in [0.717, 1.165) is 0 Å². The maximum atomic E-state index is 9.74. The van der Waals surface area contributed by atoms with Gasteiger partial charge < -0.3 is 5.11 Å². The van der Waals surface area contributed by atoms with E-state index in [4.69, 9.17) is 0 Å². The molecule has 1 N–H and O–H groups in total. The minimum absolute atomic E-state index is 0.378. The van der Waals surface area contributed by atoms with Crippen LogP contribution >= 0.6 is 0 Å². The molecule has 0 spiro atoms. The number of rotatable bonds is 11. The van der Waals surface area contributed by atoms with Gasteiger partial charge in [-0.25, -0.2) is 0 Å². The number of allylic oxidation sites excluding steroid dienone is 2. The smallest absolute Gasteiger partial charge is 0.115 e. The van der Waals surface area contributed by atoms with Crippen molar-refractivity contribution in [3.05, 3.63) is 42.0 Å². The van der Waals surface area contributed by atoms with Crippen LogP contribution in [0.15, 0.2) is 36.4 Å². The molecule has 0 aromatic heterocycles. The Morgan fingerprint density at radius 3 is 2.41 bits per heavy atom. The number of benzene rings is 1. The van der Waals surface area contributed by atoms with Gasteiger partial charge in [0.05, 0.1) is 0 Å². The maximum Gasteiger partial charge on any atom is 0.115 e. The van der Waals surface area contributed by atoms with Gasteiger partial charge in [0, 0.05) is 5.92 Å². The van der Waals surface area contributed by atoms with Crippen LogP contribution in [-0.2, 0) is 0 Å². The third kappa shape index (κ3) is 7.68. The van der Waals surface area contributed by atoms with Crippen molar-refractivity contribution in [1.82, 2.24) is 0 Å². The van der Waals surface area contributed by atoms with Gasteiger partial charge in [0.2, 0.25) is 0 Å². The molecule has 1 heteroatoms. The van der Waals surface area contributed by atoms with Crippen LogP contribution in [0.3, 0.4) is 0 Å². The van der Waals surface area contributed by atoms with Crippen LogP contribution < -0.4 is 0 Å². The van der Waals surface area contributed by atoms with Crippen LogP contribution in [0.2, 0.25) is 0 Å². The summed E-state index contributed by atoms with van der Waals surface area (Å²) in [6, 6.07) is 7.78. The Labute approximate surface area is 137 Å². The fraction of sp³-hybridized carbons (Fsp3) is 0.619. The molecule has 22 heavy (non-hydrogen) atoms. The fourth-order valence-corrected chi connectivity index (χ4v) is 2.87. The van der Waals surface area contributed by atoms with Gasteiger partial charge in [0.1, 0.15) is 5.75 Å². The Hall–Kier alpha value is -1.24. The summed E-state index contributed by atoms with van der Waals surface area (Å²) in [5.41, 5.74) is 1.25. The van der Waals surface area contributed by atoms with Gasteiger partial charge in [0.25, 0.3) is 0 Å². The second kappa shape index (κ2) is 11.3. The maximum absolute atomic E-state index is 9.74. The predicted octanol–water partition coefficient (Wildman–Crippen LogP) is 6.83. The molecule has 2 unspecified atom stereocenters. The molecule has 0 amide bonds. The molecular formula is C21H34O. The van der Waals surface area contributed by atoms with Gasteiger partial charge in [-0.05, 0) is 36.5 Å². The van der Waals surface area contributed by atoms with Crippen LogP contribution in [0.4, 0.5) is 0 Å². The van der Waals surface area contributed by atoms with Crippen molar-refractivity contribution in [2.45, 2.75) is 78.1 Å². The largest absolute Gasteiger partial charge is 0.508 e. The van der Waals surface area contributed by atoms with Crippen LogP contribution in [0.25, 0.3) is 0 Å². The average Bonchev–Trinajstić information content (AvgIpc) is 2.52. The third-order valence-electron chi connectivity index (χ3n) is 4.35. The molecule has 2 atom stereocenters. The standard InChI is InChI=1S/C21H34O/c1-4-6-8-9-12-19(16-15-18(3)11-7-5-2)20-13-10-14-21(22)17-20/h10,13-19,22H,4-9,11-12H2,1-3H3. The van der Waals surface area contributed by atoms with Gasteiger partial charge in [-0.3, -0.25) is 0 Å². The van der Waals surface area contributed by atoms with Crippen LogP contribution in [0.1, 0.15) is 83.6 Å². The lowest BCUT2D eigenvalue weighted by Gasteiger charge is -2.15. The minimum Gasteiger partial charge on any atom is -0.508 e. The predicted molar refractivity (Wildman–Crippen MR) is 97.4 cm³/mol. The Kier molecular flexibility index (Phi) is 9.70. The van der Waals surface area contributed by atoms with Crippen molar-refractivity contribution in [3.63, 3.8) is 0 Å². The normalized spacial score (nSPS) is 14.3. The van der Waals surface area contributed by atoms with Gasteiger partial charge in [-0.15, -0.1) is 0 Å². The minimum atomic E-state index is 0.378. The zero-order valence-electron chi connectivity index (χ0n) is 14.7. The fourth-order valence-electron chi connectivity index (χ4n) is 2.87. The highest BCUT2D eigenvalue weighted by atomic mass is 16.3. The van der Waals surface area contributed by atoms with Gasteiger partial charge in [-0.1, -0.05) is 83.6 Å². The lowest BCUT2D eigenvalue weighted by Crippen LogP contribution is -1.98. The van der Waals surface area contributed by atoms with Crippen molar-refractivity contribution >= 4 is 0 Å².